The van der Waals surface area contributed by atoms with Crippen LogP contribution in [0.25, 0.3) is 0 Å². The zero-order valence-electron chi connectivity index (χ0n) is 9.97. The Morgan fingerprint density at radius 1 is 1.42 bits per heavy atom. The molecule has 0 aliphatic rings. The van der Waals surface area contributed by atoms with E-state index in [0.29, 0.717) is 16.1 Å². The van der Waals surface area contributed by atoms with Crippen molar-refractivity contribution >= 4 is 23.5 Å². The third-order valence-corrected chi connectivity index (χ3v) is 2.67. The molecule has 0 saturated heterocycles. The van der Waals surface area contributed by atoms with Gasteiger partial charge in [-0.15, -0.1) is 0 Å². The van der Waals surface area contributed by atoms with Gasteiger partial charge in [-0.1, -0.05) is 17.7 Å². The number of carboxylic acid groups (broad SMARTS) is 1. The van der Waals surface area contributed by atoms with Gasteiger partial charge in [0.2, 0.25) is 5.91 Å². The second-order valence-corrected chi connectivity index (χ2v) is 4.33. The van der Waals surface area contributed by atoms with E-state index in [9.17, 15) is 9.59 Å². The molecule has 1 aromatic rings. The van der Waals surface area contributed by atoms with Crippen molar-refractivity contribution < 1.29 is 14.7 Å². The van der Waals surface area contributed by atoms with Crippen molar-refractivity contribution in [2.24, 2.45) is 5.73 Å². The SMILES string of the molecule is N#Cc1ccc(CN(CC(N)=O)CC(=O)O)c(Cl)c1. The monoisotopic (exact) mass is 281 g/mol. The fraction of sp³-hybridized carbons (Fsp3) is 0.250. The van der Waals surface area contributed by atoms with E-state index >= 15 is 0 Å². The Balaban J connectivity index is 2.86. The normalized spacial score (nSPS) is 10.2. The van der Waals surface area contributed by atoms with Gasteiger partial charge in [0.05, 0.1) is 24.7 Å². The minimum Gasteiger partial charge on any atom is -0.480 e. The number of nitriles is 1. The van der Waals surface area contributed by atoms with Crippen LogP contribution in [0.2, 0.25) is 5.02 Å². The van der Waals surface area contributed by atoms with Crippen LogP contribution in [-0.2, 0) is 16.1 Å². The van der Waals surface area contributed by atoms with E-state index in [1.807, 2.05) is 6.07 Å². The van der Waals surface area contributed by atoms with Gasteiger partial charge in [0.15, 0.2) is 0 Å². The molecule has 1 amide bonds. The van der Waals surface area contributed by atoms with Crippen LogP contribution in [0.3, 0.4) is 0 Å². The molecule has 0 heterocycles. The smallest absolute Gasteiger partial charge is 0.317 e. The Morgan fingerprint density at radius 2 is 2.11 bits per heavy atom. The third-order valence-electron chi connectivity index (χ3n) is 2.31. The van der Waals surface area contributed by atoms with E-state index < -0.39 is 11.9 Å². The number of rotatable bonds is 6. The Morgan fingerprint density at radius 3 is 2.58 bits per heavy atom. The summed E-state index contributed by atoms with van der Waals surface area (Å²) in [5.74, 6) is -1.68. The van der Waals surface area contributed by atoms with Crippen molar-refractivity contribution in [2.45, 2.75) is 6.54 Å². The Bertz CT molecular complexity index is 524. The molecule has 0 aliphatic carbocycles. The number of halogens is 1. The van der Waals surface area contributed by atoms with Crippen molar-refractivity contribution in [2.75, 3.05) is 13.1 Å². The van der Waals surface area contributed by atoms with E-state index in [-0.39, 0.29) is 19.6 Å². The summed E-state index contributed by atoms with van der Waals surface area (Å²) in [7, 11) is 0. The van der Waals surface area contributed by atoms with E-state index in [1.54, 1.807) is 12.1 Å². The standard InChI is InChI=1S/C12H12ClN3O3/c13-10-3-8(4-14)1-2-9(10)5-16(6-11(15)17)7-12(18)19/h1-3H,5-7H2,(H2,15,17)(H,18,19). The van der Waals surface area contributed by atoms with Gasteiger partial charge in [-0.2, -0.15) is 5.26 Å². The number of amides is 1. The molecule has 1 rings (SSSR count). The van der Waals surface area contributed by atoms with Crippen molar-refractivity contribution in [1.82, 2.24) is 4.90 Å². The van der Waals surface area contributed by atoms with Crippen LogP contribution in [-0.4, -0.2) is 35.0 Å². The number of carboxylic acids is 1. The number of nitrogens with two attached hydrogens (primary N) is 1. The number of carbonyl (C=O) groups excluding carboxylic acids is 1. The third kappa shape index (κ3) is 4.95. The van der Waals surface area contributed by atoms with Crippen LogP contribution in [0.5, 0.6) is 0 Å². The molecule has 0 unspecified atom stereocenters. The number of hydrogen-bond acceptors (Lipinski definition) is 4. The predicted molar refractivity (Wildman–Crippen MR) is 68.3 cm³/mol. The van der Waals surface area contributed by atoms with Gasteiger partial charge in [0.25, 0.3) is 0 Å². The molecule has 7 heteroatoms. The lowest BCUT2D eigenvalue weighted by molar-refractivity contribution is -0.138. The van der Waals surface area contributed by atoms with Gasteiger partial charge < -0.3 is 10.8 Å². The first kappa shape index (κ1) is 15.0. The first-order chi connectivity index (χ1) is 8.92. The zero-order chi connectivity index (χ0) is 14.4. The highest BCUT2D eigenvalue weighted by Gasteiger charge is 2.14. The molecule has 0 fully saturated rings. The molecule has 0 radical (unpaired) electrons. The summed E-state index contributed by atoms with van der Waals surface area (Å²) >= 11 is 5.98. The number of carbonyl (C=O) groups is 2. The molecule has 0 saturated carbocycles. The summed E-state index contributed by atoms with van der Waals surface area (Å²) in [4.78, 5) is 22.9. The molecular weight excluding hydrogens is 270 g/mol. The fourth-order valence-electron chi connectivity index (χ4n) is 1.57. The van der Waals surface area contributed by atoms with Crippen molar-refractivity contribution in [1.29, 1.82) is 5.26 Å². The molecule has 19 heavy (non-hydrogen) atoms. The minimum atomic E-state index is -1.06. The van der Waals surface area contributed by atoms with Gasteiger partial charge in [-0.25, -0.2) is 0 Å². The maximum absolute atomic E-state index is 10.9. The summed E-state index contributed by atoms with van der Waals surface area (Å²) in [6, 6.07) is 6.63. The molecule has 1 aromatic carbocycles. The quantitative estimate of drug-likeness (QED) is 0.793. The molecule has 0 aromatic heterocycles. The number of nitrogens with zero attached hydrogens (tertiary/aromatic N) is 2. The topological polar surface area (TPSA) is 107 Å². The first-order valence-electron chi connectivity index (χ1n) is 5.33. The largest absolute Gasteiger partial charge is 0.480 e. The predicted octanol–water partition coefficient (Wildman–Crippen LogP) is 0.584. The van der Waals surface area contributed by atoms with E-state index in [4.69, 9.17) is 27.7 Å². The lowest BCUT2D eigenvalue weighted by atomic mass is 10.1. The second kappa shape index (κ2) is 6.73. The Kier molecular flexibility index (Phi) is 5.30. The van der Waals surface area contributed by atoms with Crippen LogP contribution < -0.4 is 5.73 Å². The van der Waals surface area contributed by atoms with Crippen molar-refractivity contribution in [3.63, 3.8) is 0 Å². The van der Waals surface area contributed by atoms with E-state index in [2.05, 4.69) is 0 Å². The van der Waals surface area contributed by atoms with Crippen LogP contribution in [0.4, 0.5) is 0 Å². The molecule has 0 atom stereocenters. The number of hydrogen-bond donors (Lipinski definition) is 2. The molecule has 6 nitrogen and oxygen atoms in total. The van der Waals surface area contributed by atoms with Crippen LogP contribution >= 0.6 is 11.6 Å². The lowest BCUT2D eigenvalue weighted by Gasteiger charge is -2.19. The molecule has 100 valence electrons. The van der Waals surface area contributed by atoms with Crippen LogP contribution in [0.15, 0.2) is 18.2 Å². The minimum absolute atomic E-state index is 0.166. The summed E-state index contributed by atoms with van der Waals surface area (Å²) in [6.45, 7) is -0.332. The van der Waals surface area contributed by atoms with Crippen LogP contribution in [0, 0.1) is 11.3 Å². The van der Waals surface area contributed by atoms with Gasteiger partial charge in [0.1, 0.15) is 0 Å². The maximum atomic E-state index is 10.9. The lowest BCUT2D eigenvalue weighted by Crippen LogP contribution is -2.36. The van der Waals surface area contributed by atoms with E-state index in [0.717, 1.165) is 0 Å². The summed E-state index contributed by atoms with van der Waals surface area (Å²) < 4.78 is 0. The maximum Gasteiger partial charge on any atom is 0.317 e. The second-order valence-electron chi connectivity index (χ2n) is 3.92. The van der Waals surface area contributed by atoms with E-state index in [1.165, 1.54) is 11.0 Å². The summed E-state index contributed by atoms with van der Waals surface area (Å²) in [5, 5.41) is 17.8. The molecule has 0 spiro atoms. The Labute approximate surface area is 115 Å². The highest BCUT2D eigenvalue weighted by Crippen LogP contribution is 2.19. The van der Waals surface area contributed by atoms with Crippen LogP contribution in [0.1, 0.15) is 11.1 Å². The van der Waals surface area contributed by atoms with Crippen molar-refractivity contribution in [3.8, 4) is 6.07 Å². The fourth-order valence-corrected chi connectivity index (χ4v) is 1.81. The molecule has 3 N–H and O–H groups in total. The highest BCUT2D eigenvalue weighted by atomic mass is 35.5. The number of primary amides is 1. The molecular formula is C12H12ClN3O3. The molecule has 0 bridgehead atoms. The highest BCUT2D eigenvalue weighted by molar-refractivity contribution is 6.31. The zero-order valence-corrected chi connectivity index (χ0v) is 10.7. The average molecular weight is 282 g/mol. The summed E-state index contributed by atoms with van der Waals surface area (Å²) in [5.41, 5.74) is 6.10. The first-order valence-corrected chi connectivity index (χ1v) is 5.71. The number of benzene rings is 1. The Hall–Kier alpha value is -2.10. The summed E-state index contributed by atoms with van der Waals surface area (Å²) in [6.07, 6.45) is 0. The van der Waals surface area contributed by atoms with Crippen molar-refractivity contribution in [3.05, 3.63) is 34.3 Å². The van der Waals surface area contributed by atoms with Gasteiger partial charge in [-0.3, -0.25) is 14.5 Å². The van der Waals surface area contributed by atoms with Gasteiger partial charge in [-0.05, 0) is 17.7 Å². The van der Waals surface area contributed by atoms with Gasteiger partial charge in [0, 0.05) is 11.6 Å². The van der Waals surface area contributed by atoms with Gasteiger partial charge >= 0.3 is 5.97 Å². The average Bonchev–Trinajstić information content (AvgIpc) is 2.30. The number of aliphatic carboxylic acids is 1. The molecule has 0 aliphatic heterocycles.